The van der Waals surface area contributed by atoms with Gasteiger partial charge in [-0.15, -0.1) is 0 Å². The molecule has 0 fully saturated rings. The van der Waals surface area contributed by atoms with Crippen LogP contribution in [0.4, 0.5) is 13.2 Å². The molecule has 1 N–H and O–H groups in total. The molecule has 1 aromatic rings. The smallest absolute Gasteiger partial charge is 0.391 e. The van der Waals surface area contributed by atoms with E-state index in [-0.39, 0.29) is 6.61 Å². The Morgan fingerprint density at radius 3 is 2.33 bits per heavy atom. The van der Waals surface area contributed by atoms with E-state index in [9.17, 15) is 18.3 Å². The van der Waals surface area contributed by atoms with E-state index in [1.807, 2.05) is 0 Å². The van der Waals surface area contributed by atoms with Crippen molar-refractivity contribution in [2.45, 2.75) is 18.7 Å². The Bertz CT molecular complexity index is 349. The van der Waals surface area contributed by atoms with Crippen LogP contribution in [0.1, 0.15) is 18.1 Å². The third kappa shape index (κ3) is 5.37. The summed E-state index contributed by atoms with van der Waals surface area (Å²) in [6.45, 7) is -0.612. The second-order valence-corrected chi connectivity index (χ2v) is 3.73. The number of aliphatic hydroxyl groups is 1. The van der Waals surface area contributed by atoms with Gasteiger partial charge in [0.25, 0.3) is 0 Å². The Balaban J connectivity index is 2.33. The molecule has 0 bridgehead atoms. The first-order valence-electron chi connectivity index (χ1n) is 5.39. The van der Waals surface area contributed by atoms with Gasteiger partial charge in [-0.05, 0) is 17.7 Å². The zero-order chi connectivity index (χ0) is 13.6. The van der Waals surface area contributed by atoms with E-state index in [1.54, 1.807) is 24.3 Å². The van der Waals surface area contributed by atoms with Crippen molar-refractivity contribution < 1.29 is 27.8 Å². The lowest BCUT2D eigenvalue weighted by Crippen LogP contribution is -2.14. The van der Waals surface area contributed by atoms with E-state index >= 15 is 0 Å². The van der Waals surface area contributed by atoms with Gasteiger partial charge in [-0.3, -0.25) is 0 Å². The number of rotatable bonds is 6. The van der Waals surface area contributed by atoms with E-state index in [2.05, 4.69) is 0 Å². The predicted octanol–water partition coefficient (Wildman–Crippen LogP) is 2.70. The minimum atomic E-state index is -4.23. The van der Waals surface area contributed by atoms with Crippen LogP contribution in [0.25, 0.3) is 0 Å². The van der Waals surface area contributed by atoms with Crippen molar-refractivity contribution in [1.82, 2.24) is 0 Å². The highest BCUT2D eigenvalue weighted by Crippen LogP contribution is 2.20. The van der Waals surface area contributed by atoms with E-state index < -0.39 is 25.3 Å². The first-order chi connectivity index (χ1) is 8.42. The molecule has 1 unspecified atom stereocenters. The molecule has 0 aromatic heterocycles. The predicted molar refractivity (Wildman–Crippen MR) is 59.4 cm³/mol. The number of hydrogen-bond donors (Lipinski definition) is 1. The van der Waals surface area contributed by atoms with Crippen molar-refractivity contribution in [3.05, 3.63) is 29.8 Å². The molecule has 1 aromatic carbocycles. The first kappa shape index (κ1) is 14.8. The molecule has 18 heavy (non-hydrogen) atoms. The average molecular weight is 264 g/mol. The van der Waals surface area contributed by atoms with Crippen LogP contribution in [-0.2, 0) is 4.74 Å². The first-order valence-corrected chi connectivity index (χ1v) is 5.39. The van der Waals surface area contributed by atoms with Gasteiger partial charge in [0, 0.05) is 0 Å². The standard InChI is InChI=1S/C12H15F3O3/c1-17-10-4-2-9(3-5-10)11(16)8-18-7-6-12(13,14)15/h2-5,11,16H,6-8H2,1H3. The lowest BCUT2D eigenvalue weighted by atomic mass is 10.1. The summed E-state index contributed by atoms with van der Waals surface area (Å²) in [5, 5.41) is 9.67. The molecular formula is C12H15F3O3. The van der Waals surface area contributed by atoms with Crippen molar-refractivity contribution in [2.24, 2.45) is 0 Å². The maximum absolute atomic E-state index is 11.8. The Kier molecular flexibility index (Phi) is 5.43. The van der Waals surface area contributed by atoms with Crippen LogP contribution in [-0.4, -0.2) is 31.6 Å². The van der Waals surface area contributed by atoms with Crippen LogP contribution in [0.2, 0.25) is 0 Å². The molecule has 0 amide bonds. The zero-order valence-corrected chi connectivity index (χ0v) is 9.91. The van der Waals surface area contributed by atoms with E-state index in [0.717, 1.165) is 0 Å². The Labute approximate surface area is 103 Å². The van der Waals surface area contributed by atoms with Gasteiger partial charge in [-0.2, -0.15) is 13.2 Å². The van der Waals surface area contributed by atoms with Crippen LogP contribution in [0.3, 0.4) is 0 Å². The van der Waals surface area contributed by atoms with Crippen LogP contribution < -0.4 is 4.74 Å². The van der Waals surface area contributed by atoms with Gasteiger partial charge in [0.15, 0.2) is 0 Å². The molecule has 0 aliphatic carbocycles. The van der Waals surface area contributed by atoms with Gasteiger partial charge < -0.3 is 14.6 Å². The van der Waals surface area contributed by atoms with Crippen molar-refractivity contribution in [2.75, 3.05) is 20.3 Å². The minimum Gasteiger partial charge on any atom is -0.497 e. The second kappa shape index (κ2) is 6.61. The summed E-state index contributed by atoms with van der Waals surface area (Å²) in [7, 11) is 1.52. The SMILES string of the molecule is COc1ccc(C(O)COCCC(F)(F)F)cc1. The fourth-order valence-electron chi connectivity index (χ4n) is 1.31. The maximum atomic E-state index is 11.8. The molecule has 6 heteroatoms. The number of alkyl halides is 3. The highest BCUT2D eigenvalue weighted by atomic mass is 19.4. The summed E-state index contributed by atoms with van der Waals surface area (Å²) in [6.07, 6.45) is -6.18. The summed E-state index contributed by atoms with van der Waals surface area (Å²) in [4.78, 5) is 0. The maximum Gasteiger partial charge on any atom is 0.391 e. The van der Waals surface area contributed by atoms with Crippen molar-refractivity contribution >= 4 is 0 Å². The number of halogens is 3. The minimum absolute atomic E-state index is 0.164. The largest absolute Gasteiger partial charge is 0.497 e. The van der Waals surface area contributed by atoms with E-state index in [0.29, 0.717) is 11.3 Å². The highest BCUT2D eigenvalue weighted by Gasteiger charge is 2.26. The molecule has 0 spiro atoms. The van der Waals surface area contributed by atoms with Crippen LogP contribution >= 0.6 is 0 Å². The van der Waals surface area contributed by atoms with Crippen molar-refractivity contribution in [1.29, 1.82) is 0 Å². The summed E-state index contributed by atoms with van der Waals surface area (Å²) in [5.74, 6) is 0.643. The fraction of sp³-hybridized carbons (Fsp3) is 0.500. The molecule has 1 atom stereocenters. The van der Waals surface area contributed by atoms with Gasteiger partial charge in [0.1, 0.15) is 11.9 Å². The Hall–Kier alpha value is -1.27. The van der Waals surface area contributed by atoms with Gasteiger partial charge >= 0.3 is 6.18 Å². The monoisotopic (exact) mass is 264 g/mol. The molecule has 0 saturated heterocycles. The van der Waals surface area contributed by atoms with E-state index in [1.165, 1.54) is 7.11 Å². The molecule has 0 heterocycles. The lowest BCUT2D eigenvalue weighted by molar-refractivity contribution is -0.147. The molecule has 0 radical (unpaired) electrons. The van der Waals surface area contributed by atoms with Crippen LogP contribution in [0.5, 0.6) is 5.75 Å². The molecule has 102 valence electrons. The third-order valence-corrected chi connectivity index (χ3v) is 2.31. The fourth-order valence-corrected chi connectivity index (χ4v) is 1.31. The number of benzene rings is 1. The summed E-state index contributed by atoms with van der Waals surface area (Å²) < 4.78 is 45.2. The van der Waals surface area contributed by atoms with E-state index in [4.69, 9.17) is 9.47 Å². The van der Waals surface area contributed by atoms with Gasteiger partial charge in [0.05, 0.1) is 26.7 Å². The number of methoxy groups -OCH3 is 1. The zero-order valence-electron chi connectivity index (χ0n) is 9.91. The summed E-state index contributed by atoms with van der Waals surface area (Å²) in [5.41, 5.74) is 0.572. The Morgan fingerprint density at radius 1 is 1.22 bits per heavy atom. The summed E-state index contributed by atoms with van der Waals surface area (Å²) >= 11 is 0. The quantitative estimate of drug-likeness (QED) is 0.803. The van der Waals surface area contributed by atoms with Crippen LogP contribution in [0, 0.1) is 0 Å². The third-order valence-electron chi connectivity index (χ3n) is 2.31. The lowest BCUT2D eigenvalue weighted by Gasteiger charge is -2.13. The molecule has 1 rings (SSSR count). The van der Waals surface area contributed by atoms with Crippen LogP contribution in [0.15, 0.2) is 24.3 Å². The molecule has 0 aliphatic rings. The normalized spacial score (nSPS) is 13.4. The topological polar surface area (TPSA) is 38.7 Å². The molecule has 0 aliphatic heterocycles. The van der Waals surface area contributed by atoms with Gasteiger partial charge in [0.2, 0.25) is 0 Å². The number of hydrogen-bond acceptors (Lipinski definition) is 3. The van der Waals surface area contributed by atoms with Gasteiger partial charge in [-0.25, -0.2) is 0 Å². The van der Waals surface area contributed by atoms with Crippen molar-refractivity contribution in [3.8, 4) is 5.75 Å². The molecular weight excluding hydrogens is 249 g/mol. The second-order valence-electron chi connectivity index (χ2n) is 3.73. The highest BCUT2D eigenvalue weighted by molar-refractivity contribution is 5.28. The molecule has 3 nitrogen and oxygen atoms in total. The summed E-state index contributed by atoms with van der Waals surface area (Å²) in [6, 6.07) is 6.59. The van der Waals surface area contributed by atoms with Crippen molar-refractivity contribution in [3.63, 3.8) is 0 Å². The Morgan fingerprint density at radius 2 is 1.83 bits per heavy atom. The average Bonchev–Trinajstić information content (AvgIpc) is 2.33. The van der Waals surface area contributed by atoms with Gasteiger partial charge in [-0.1, -0.05) is 12.1 Å². The molecule has 0 saturated carbocycles. The number of aliphatic hydroxyl groups excluding tert-OH is 1. The number of ether oxygens (including phenoxy) is 2.